The van der Waals surface area contributed by atoms with Gasteiger partial charge in [0.15, 0.2) is 0 Å². The van der Waals surface area contributed by atoms with E-state index < -0.39 is 24.0 Å². The molecule has 2 atom stereocenters. The number of esters is 2. The molecule has 5 N–H and O–H groups in total. The van der Waals surface area contributed by atoms with E-state index in [0.29, 0.717) is 32.6 Å². The normalized spacial score (nSPS) is 12.7. The van der Waals surface area contributed by atoms with Crippen LogP contribution >= 0.6 is 0 Å². The van der Waals surface area contributed by atoms with Crippen LogP contribution in [0.3, 0.4) is 0 Å². The van der Waals surface area contributed by atoms with E-state index in [1.807, 2.05) is 0 Å². The van der Waals surface area contributed by atoms with E-state index in [0.717, 1.165) is 44.9 Å². The van der Waals surface area contributed by atoms with Gasteiger partial charge in [0.05, 0.1) is 19.3 Å². The van der Waals surface area contributed by atoms with E-state index in [9.17, 15) is 14.4 Å². The number of rotatable bonds is 41. The molecule has 1 amide bonds. The zero-order valence-electron chi connectivity index (χ0n) is 35.4. The Kier molecular flexibility index (Phi) is 40.3. The minimum absolute atomic E-state index is 0.0265. The number of amides is 1. The van der Waals surface area contributed by atoms with Crippen LogP contribution in [0.15, 0.2) is 24.3 Å². The number of unbranched alkanes of at least 4 members (excludes halogenated alkanes) is 24. The third kappa shape index (κ3) is 36.8. The first-order valence-electron chi connectivity index (χ1n) is 22.8. The molecule has 0 saturated carbocycles. The summed E-state index contributed by atoms with van der Waals surface area (Å²) in [6.45, 7) is 5.63. The van der Waals surface area contributed by atoms with Gasteiger partial charge >= 0.3 is 11.9 Å². The summed E-state index contributed by atoms with van der Waals surface area (Å²) in [5.41, 5.74) is 11.6. The lowest BCUT2D eigenvalue weighted by atomic mass is 10.1. The highest BCUT2D eigenvalue weighted by Gasteiger charge is 2.26. The number of hydrogen-bond donors (Lipinski definition) is 3. The Labute approximate surface area is 333 Å². The minimum atomic E-state index is -0.937. The number of allylic oxidation sites excluding steroid dienone is 4. The molecular formula is C46H87N3O5. The number of carbonyl (C=O) groups excluding carboxylic acids is 3. The van der Waals surface area contributed by atoms with E-state index >= 15 is 0 Å². The van der Waals surface area contributed by atoms with Crippen LogP contribution < -0.4 is 16.8 Å². The van der Waals surface area contributed by atoms with Crippen molar-refractivity contribution < 1.29 is 23.9 Å². The predicted octanol–water partition coefficient (Wildman–Crippen LogP) is 11.5. The molecule has 54 heavy (non-hydrogen) atoms. The van der Waals surface area contributed by atoms with Crippen LogP contribution in [-0.4, -0.2) is 49.7 Å². The summed E-state index contributed by atoms with van der Waals surface area (Å²) in [6, 6.07) is -1.70. The average Bonchev–Trinajstić information content (AvgIpc) is 3.17. The van der Waals surface area contributed by atoms with Gasteiger partial charge in [0, 0.05) is 6.42 Å². The summed E-state index contributed by atoms with van der Waals surface area (Å²) in [7, 11) is 0. The molecule has 0 heterocycles. The number of ether oxygens (including phenoxy) is 2. The van der Waals surface area contributed by atoms with Gasteiger partial charge in [-0.15, -0.1) is 0 Å². The summed E-state index contributed by atoms with van der Waals surface area (Å²) >= 11 is 0. The smallest absolute Gasteiger partial charge is 0.328 e. The van der Waals surface area contributed by atoms with Gasteiger partial charge in [-0.25, -0.2) is 4.79 Å². The molecule has 0 rings (SSSR count). The first kappa shape index (κ1) is 51.8. The van der Waals surface area contributed by atoms with Crippen LogP contribution in [-0.2, 0) is 23.9 Å². The summed E-state index contributed by atoms with van der Waals surface area (Å²) < 4.78 is 11.0. The van der Waals surface area contributed by atoms with Crippen LogP contribution in [0.4, 0.5) is 0 Å². The zero-order chi connectivity index (χ0) is 39.6. The number of carbonyl (C=O) groups is 3. The molecule has 0 aliphatic heterocycles. The van der Waals surface area contributed by atoms with Gasteiger partial charge in [-0.1, -0.05) is 154 Å². The summed E-state index contributed by atoms with van der Waals surface area (Å²) in [5.74, 6) is -1.32. The summed E-state index contributed by atoms with van der Waals surface area (Å²) in [4.78, 5) is 38.1. The van der Waals surface area contributed by atoms with E-state index in [1.54, 1.807) is 0 Å². The van der Waals surface area contributed by atoms with E-state index in [2.05, 4.69) is 43.5 Å². The number of hydrogen-bond acceptors (Lipinski definition) is 7. The minimum Gasteiger partial charge on any atom is -0.466 e. The fraction of sp³-hybridized carbons (Fsp3) is 0.848. The molecule has 0 aromatic heterocycles. The van der Waals surface area contributed by atoms with Crippen molar-refractivity contribution in [2.75, 3.05) is 19.8 Å². The van der Waals surface area contributed by atoms with Crippen molar-refractivity contribution in [3.63, 3.8) is 0 Å². The lowest BCUT2D eigenvalue weighted by molar-refractivity contribution is -0.149. The maximum atomic E-state index is 13.0. The van der Waals surface area contributed by atoms with Gasteiger partial charge in [0.25, 0.3) is 0 Å². The maximum Gasteiger partial charge on any atom is 0.328 e. The van der Waals surface area contributed by atoms with Gasteiger partial charge < -0.3 is 26.3 Å². The maximum absolute atomic E-state index is 13.0. The fourth-order valence-corrected chi connectivity index (χ4v) is 6.49. The lowest BCUT2D eigenvalue weighted by Crippen LogP contribution is -2.49. The molecule has 8 nitrogen and oxygen atoms in total. The first-order chi connectivity index (χ1) is 26.5. The van der Waals surface area contributed by atoms with Gasteiger partial charge in [-0.05, 0) is 90.0 Å². The van der Waals surface area contributed by atoms with Crippen LogP contribution in [0.2, 0.25) is 0 Å². The summed E-state index contributed by atoms with van der Waals surface area (Å²) in [6.07, 6.45) is 44.7. The molecule has 0 aliphatic rings. The van der Waals surface area contributed by atoms with Crippen LogP contribution in [0, 0.1) is 0 Å². The van der Waals surface area contributed by atoms with Crippen molar-refractivity contribution in [1.82, 2.24) is 5.32 Å². The highest BCUT2D eigenvalue weighted by molar-refractivity contribution is 5.87. The van der Waals surface area contributed by atoms with Crippen LogP contribution in [0.5, 0.6) is 0 Å². The Morgan fingerprint density at radius 2 is 0.907 bits per heavy atom. The van der Waals surface area contributed by atoms with Crippen LogP contribution in [0.1, 0.15) is 219 Å². The molecule has 316 valence electrons. The standard InChI is InChI=1S/C46H87N3O5/c1-3-5-7-9-11-13-15-17-19-21-23-25-27-29-31-33-40-53-44(50)38-37-43(49-45(51)42(48)36-35-39-47)46(52)54-41-34-32-30-28-26-24-22-20-18-16-14-12-10-8-6-4-2/h17-20,42-43H,3-16,21-41,47-48H2,1-2H3,(H,49,51)/b19-17-,20-18-/t42-,43-/m0/s1. The number of nitrogens with two attached hydrogens (primary N) is 2. The Hall–Kier alpha value is -2.19. The largest absolute Gasteiger partial charge is 0.466 e. The van der Waals surface area contributed by atoms with Crippen molar-refractivity contribution in [1.29, 1.82) is 0 Å². The number of nitrogens with one attached hydrogen (secondary N) is 1. The molecule has 0 saturated heterocycles. The van der Waals surface area contributed by atoms with Crippen molar-refractivity contribution >= 4 is 17.8 Å². The summed E-state index contributed by atoms with van der Waals surface area (Å²) in [5, 5.41) is 2.72. The Balaban J connectivity index is 4.15. The van der Waals surface area contributed by atoms with E-state index in [4.69, 9.17) is 20.9 Å². The molecule has 0 radical (unpaired) electrons. The molecular weight excluding hydrogens is 675 g/mol. The van der Waals surface area contributed by atoms with Crippen molar-refractivity contribution in [3.8, 4) is 0 Å². The molecule has 0 aromatic carbocycles. The second-order valence-electron chi connectivity index (χ2n) is 15.4. The Morgan fingerprint density at radius 1 is 0.519 bits per heavy atom. The quantitative estimate of drug-likeness (QED) is 0.0321. The molecule has 0 aromatic rings. The molecule has 0 unspecified atom stereocenters. The molecule has 0 spiro atoms. The highest BCUT2D eigenvalue weighted by Crippen LogP contribution is 2.13. The van der Waals surface area contributed by atoms with Gasteiger partial charge in [0.2, 0.25) is 5.91 Å². The second kappa shape index (κ2) is 42.0. The first-order valence-corrected chi connectivity index (χ1v) is 22.8. The average molecular weight is 762 g/mol. The lowest BCUT2D eigenvalue weighted by Gasteiger charge is -2.20. The fourth-order valence-electron chi connectivity index (χ4n) is 6.49. The van der Waals surface area contributed by atoms with Gasteiger partial charge in [0.1, 0.15) is 6.04 Å². The molecule has 0 fully saturated rings. The molecule has 0 bridgehead atoms. The second-order valence-corrected chi connectivity index (χ2v) is 15.4. The van der Waals surface area contributed by atoms with E-state index in [-0.39, 0.29) is 18.8 Å². The predicted molar refractivity (Wildman–Crippen MR) is 228 cm³/mol. The van der Waals surface area contributed by atoms with E-state index in [1.165, 1.54) is 135 Å². The topological polar surface area (TPSA) is 134 Å². The van der Waals surface area contributed by atoms with Crippen molar-refractivity contribution in [2.24, 2.45) is 11.5 Å². The van der Waals surface area contributed by atoms with Gasteiger partial charge in [-0.2, -0.15) is 0 Å². The van der Waals surface area contributed by atoms with Gasteiger partial charge in [-0.3, -0.25) is 9.59 Å². The van der Waals surface area contributed by atoms with Crippen molar-refractivity contribution in [2.45, 2.75) is 231 Å². The van der Waals surface area contributed by atoms with Crippen LogP contribution in [0.25, 0.3) is 0 Å². The highest BCUT2D eigenvalue weighted by atomic mass is 16.5. The monoisotopic (exact) mass is 762 g/mol. The third-order valence-corrected chi connectivity index (χ3v) is 10.1. The molecule has 8 heteroatoms. The Morgan fingerprint density at radius 3 is 1.33 bits per heavy atom. The third-order valence-electron chi connectivity index (χ3n) is 10.1. The molecule has 0 aliphatic carbocycles. The van der Waals surface area contributed by atoms with Crippen molar-refractivity contribution in [3.05, 3.63) is 24.3 Å². The SMILES string of the molecule is CCCCCCCC/C=C\CCCCCCCCOC(=O)CC[C@H](NC(=O)[C@@H](N)CCCN)C(=O)OCCCCCCCC/C=C\CCCCCCCC. The Bertz CT molecular complexity index is 909. The zero-order valence-corrected chi connectivity index (χ0v) is 35.4.